The molecule has 1 aliphatic rings. The summed E-state index contributed by atoms with van der Waals surface area (Å²) in [5, 5.41) is 4.25. The van der Waals surface area contributed by atoms with E-state index in [2.05, 4.69) is 5.32 Å². The highest BCUT2D eigenvalue weighted by Gasteiger charge is 2.21. The van der Waals surface area contributed by atoms with Crippen molar-refractivity contribution in [1.29, 1.82) is 0 Å². The largest absolute Gasteiger partial charge is 0.495 e. The quantitative estimate of drug-likeness (QED) is 0.904. The highest BCUT2D eigenvalue weighted by Crippen LogP contribution is 2.31. The topological polar surface area (TPSA) is 30.5 Å². The molecule has 3 nitrogen and oxygen atoms in total. The Kier molecular flexibility index (Phi) is 4.72. The first-order chi connectivity index (χ1) is 8.72. The monoisotopic (exact) mass is 269 g/mol. The van der Waals surface area contributed by atoms with Crippen LogP contribution in [0.1, 0.15) is 25.7 Å². The van der Waals surface area contributed by atoms with Crippen LogP contribution in [0.2, 0.25) is 5.02 Å². The summed E-state index contributed by atoms with van der Waals surface area (Å²) in [5.74, 6) is 0.841. The summed E-state index contributed by atoms with van der Waals surface area (Å²) in [6, 6.07) is 6.13. The molecule has 1 aliphatic carbocycles. The molecule has 0 aliphatic heterocycles. The van der Waals surface area contributed by atoms with Crippen LogP contribution in [0, 0.1) is 0 Å². The summed E-state index contributed by atoms with van der Waals surface area (Å²) in [4.78, 5) is 0. The minimum Gasteiger partial charge on any atom is -0.495 e. The van der Waals surface area contributed by atoms with Crippen LogP contribution in [0.3, 0.4) is 0 Å². The predicted molar refractivity (Wildman–Crippen MR) is 74.7 cm³/mol. The van der Waals surface area contributed by atoms with Gasteiger partial charge < -0.3 is 14.8 Å². The number of halogens is 1. The molecule has 1 aromatic carbocycles. The van der Waals surface area contributed by atoms with E-state index in [-0.39, 0.29) is 0 Å². The highest BCUT2D eigenvalue weighted by molar-refractivity contribution is 6.30. The maximum absolute atomic E-state index is 6.02. The summed E-state index contributed by atoms with van der Waals surface area (Å²) < 4.78 is 10.7. The molecular formula is C14H20ClNO2. The van der Waals surface area contributed by atoms with Gasteiger partial charge >= 0.3 is 0 Å². The van der Waals surface area contributed by atoms with Gasteiger partial charge in [-0.1, -0.05) is 11.6 Å². The third kappa shape index (κ3) is 3.30. The van der Waals surface area contributed by atoms with Crippen LogP contribution >= 0.6 is 11.6 Å². The van der Waals surface area contributed by atoms with E-state index >= 15 is 0 Å². The van der Waals surface area contributed by atoms with Crippen LogP contribution in [-0.4, -0.2) is 26.4 Å². The molecule has 0 unspecified atom stereocenters. The van der Waals surface area contributed by atoms with Crippen molar-refractivity contribution < 1.29 is 9.47 Å². The maximum atomic E-state index is 6.02. The number of anilines is 1. The minimum absolute atomic E-state index is 0.421. The molecular weight excluding hydrogens is 250 g/mol. The number of nitrogens with one attached hydrogen (secondary N) is 1. The number of hydrogen-bond acceptors (Lipinski definition) is 3. The molecule has 0 aromatic heterocycles. The fourth-order valence-electron chi connectivity index (χ4n) is 2.46. The van der Waals surface area contributed by atoms with Gasteiger partial charge in [-0.3, -0.25) is 0 Å². The molecule has 1 N–H and O–H groups in total. The number of methoxy groups -OCH3 is 2. The zero-order chi connectivity index (χ0) is 13.0. The molecule has 4 heteroatoms. The van der Waals surface area contributed by atoms with Gasteiger partial charge in [0.1, 0.15) is 5.75 Å². The van der Waals surface area contributed by atoms with Crippen molar-refractivity contribution in [2.24, 2.45) is 0 Å². The Bertz CT molecular complexity index is 389. The first-order valence-corrected chi connectivity index (χ1v) is 6.73. The smallest absolute Gasteiger partial charge is 0.142 e. The fourth-order valence-corrected chi connectivity index (χ4v) is 2.63. The lowest BCUT2D eigenvalue weighted by Crippen LogP contribution is -2.29. The van der Waals surface area contributed by atoms with Gasteiger partial charge in [0, 0.05) is 18.2 Å². The summed E-state index contributed by atoms with van der Waals surface area (Å²) in [5.41, 5.74) is 0.978. The molecule has 0 amide bonds. The van der Waals surface area contributed by atoms with E-state index in [1.54, 1.807) is 14.2 Å². The second-order valence-electron chi connectivity index (χ2n) is 4.70. The first kappa shape index (κ1) is 13.5. The van der Waals surface area contributed by atoms with Crippen LogP contribution in [0.5, 0.6) is 5.75 Å². The van der Waals surface area contributed by atoms with Crippen LogP contribution in [0.15, 0.2) is 18.2 Å². The van der Waals surface area contributed by atoms with Gasteiger partial charge in [0.15, 0.2) is 0 Å². The molecule has 1 saturated carbocycles. The molecule has 0 spiro atoms. The van der Waals surface area contributed by atoms with Crippen LogP contribution in [0.25, 0.3) is 0 Å². The Morgan fingerprint density at radius 1 is 1.17 bits per heavy atom. The maximum Gasteiger partial charge on any atom is 0.142 e. The average molecular weight is 270 g/mol. The van der Waals surface area contributed by atoms with Crippen LogP contribution in [-0.2, 0) is 4.74 Å². The van der Waals surface area contributed by atoms with Crippen molar-refractivity contribution in [2.75, 3.05) is 19.5 Å². The highest BCUT2D eigenvalue weighted by atomic mass is 35.5. The average Bonchev–Trinajstić information content (AvgIpc) is 2.40. The van der Waals surface area contributed by atoms with Crippen molar-refractivity contribution in [1.82, 2.24) is 0 Å². The van der Waals surface area contributed by atoms with Crippen LogP contribution in [0.4, 0.5) is 5.69 Å². The lowest BCUT2D eigenvalue weighted by molar-refractivity contribution is 0.0681. The van der Waals surface area contributed by atoms with Crippen molar-refractivity contribution in [3.8, 4) is 5.75 Å². The fraction of sp³-hybridized carbons (Fsp3) is 0.571. The molecule has 0 radical (unpaired) electrons. The van der Waals surface area contributed by atoms with Gasteiger partial charge in [-0.05, 0) is 43.9 Å². The van der Waals surface area contributed by atoms with Gasteiger partial charge in [0.05, 0.1) is 18.9 Å². The lowest BCUT2D eigenvalue weighted by atomic mass is 9.93. The number of hydrogen-bond donors (Lipinski definition) is 1. The van der Waals surface area contributed by atoms with Crippen molar-refractivity contribution >= 4 is 17.3 Å². The zero-order valence-electron chi connectivity index (χ0n) is 10.9. The van der Waals surface area contributed by atoms with E-state index in [0.717, 1.165) is 42.1 Å². The number of ether oxygens (including phenoxy) is 2. The Balaban J connectivity index is 1.99. The Morgan fingerprint density at radius 3 is 2.50 bits per heavy atom. The van der Waals surface area contributed by atoms with Gasteiger partial charge in [-0.25, -0.2) is 0 Å². The van der Waals surface area contributed by atoms with Gasteiger partial charge in [0.2, 0.25) is 0 Å². The standard InChI is InChI=1S/C14H20ClNO2/c1-17-12-6-4-11(5-7-12)16-13-9-10(15)3-8-14(13)18-2/h3,8-9,11-12,16H,4-7H2,1-2H3. The molecule has 100 valence electrons. The molecule has 0 atom stereocenters. The predicted octanol–water partition coefficient (Wildman–Crippen LogP) is 3.72. The van der Waals surface area contributed by atoms with Gasteiger partial charge in [-0.15, -0.1) is 0 Å². The Hall–Kier alpha value is -0.930. The van der Waals surface area contributed by atoms with E-state index in [0.29, 0.717) is 12.1 Å². The van der Waals surface area contributed by atoms with Crippen molar-refractivity contribution in [3.05, 3.63) is 23.2 Å². The molecule has 1 aromatic rings. The molecule has 0 heterocycles. The second-order valence-corrected chi connectivity index (χ2v) is 5.13. The third-order valence-electron chi connectivity index (χ3n) is 3.53. The number of benzene rings is 1. The summed E-state index contributed by atoms with van der Waals surface area (Å²) in [6.07, 6.45) is 4.88. The number of rotatable bonds is 4. The van der Waals surface area contributed by atoms with Gasteiger partial charge in [0.25, 0.3) is 0 Å². The lowest BCUT2D eigenvalue weighted by Gasteiger charge is -2.29. The van der Waals surface area contributed by atoms with Gasteiger partial charge in [-0.2, -0.15) is 0 Å². The zero-order valence-corrected chi connectivity index (χ0v) is 11.7. The Labute approximate surface area is 113 Å². The van der Waals surface area contributed by atoms with Crippen molar-refractivity contribution in [2.45, 2.75) is 37.8 Å². The summed E-state index contributed by atoms with van der Waals surface area (Å²) >= 11 is 6.02. The molecule has 0 saturated heterocycles. The SMILES string of the molecule is COc1ccc(Cl)cc1NC1CCC(OC)CC1. The van der Waals surface area contributed by atoms with E-state index in [1.165, 1.54) is 0 Å². The van der Waals surface area contributed by atoms with E-state index < -0.39 is 0 Å². The molecule has 1 fully saturated rings. The normalized spacial score (nSPS) is 23.7. The first-order valence-electron chi connectivity index (χ1n) is 6.36. The van der Waals surface area contributed by atoms with E-state index in [1.807, 2.05) is 18.2 Å². The van der Waals surface area contributed by atoms with E-state index in [9.17, 15) is 0 Å². The molecule has 0 bridgehead atoms. The second kappa shape index (κ2) is 6.30. The van der Waals surface area contributed by atoms with E-state index in [4.69, 9.17) is 21.1 Å². The summed E-state index contributed by atoms with van der Waals surface area (Å²) in [7, 11) is 3.47. The third-order valence-corrected chi connectivity index (χ3v) is 3.76. The Morgan fingerprint density at radius 2 is 1.89 bits per heavy atom. The minimum atomic E-state index is 0.421. The summed E-state index contributed by atoms with van der Waals surface area (Å²) in [6.45, 7) is 0. The molecule has 2 rings (SSSR count). The molecule has 18 heavy (non-hydrogen) atoms. The van der Waals surface area contributed by atoms with Crippen LogP contribution < -0.4 is 10.1 Å². The van der Waals surface area contributed by atoms with Crippen molar-refractivity contribution in [3.63, 3.8) is 0 Å².